The van der Waals surface area contributed by atoms with E-state index in [0.717, 1.165) is 42.4 Å². The lowest BCUT2D eigenvalue weighted by Crippen LogP contribution is -2.27. The molecule has 3 heterocycles. The Morgan fingerprint density at radius 1 is 1.19 bits per heavy atom. The molecular formula is C24H20N4O2S2. The van der Waals surface area contributed by atoms with Crippen LogP contribution in [0.2, 0.25) is 0 Å². The number of fused-ring (bicyclic) bond motifs is 2. The third-order valence-corrected chi connectivity index (χ3v) is 7.84. The molecule has 0 aliphatic heterocycles. The van der Waals surface area contributed by atoms with Gasteiger partial charge in [0.15, 0.2) is 0 Å². The van der Waals surface area contributed by atoms with E-state index in [1.165, 1.54) is 44.9 Å². The van der Waals surface area contributed by atoms with Crippen LogP contribution in [0.3, 0.4) is 0 Å². The van der Waals surface area contributed by atoms with Gasteiger partial charge in [-0.2, -0.15) is 5.26 Å². The van der Waals surface area contributed by atoms with E-state index in [0.29, 0.717) is 20.8 Å². The molecule has 0 bridgehead atoms. The van der Waals surface area contributed by atoms with Crippen molar-refractivity contribution in [1.29, 1.82) is 5.26 Å². The van der Waals surface area contributed by atoms with Gasteiger partial charge in [0.05, 0.1) is 17.3 Å². The first kappa shape index (κ1) is 20.6. The summed E-state index contributed by atoms with van der Waals surface area (Å²) in [6.45, 7) is -0.153. The molecule has 160 valence electrons. The molecule has 0 saturated heterocycles. The second-order valence-electron chi connectivity index (χ2n) is 7.80. The molecule has 6 nitrogen and oxygen atoms in total. The number of rotatable bonds is 4. The fourth-order valence-electron chi connectivity index (χ4n) is 4.18. The van der Waals surface area contributed by atoms with E-state index < -0.39 is 0 Å². The van der Waals surface area contributed by atoms with Gasteiger partial charge in [-0.05, 0) is 36.8 Å². The first-order valence-electron chi connectivity index (χ1n) is 10.5. The number of benzene rings is 1. The Balaban J connectivity index is 1.43. The van der Waals surface area contributed by atoms with E-state index in [-0.39, 0.29) is 18.0 Å². The number of hydrogen-bond donors (Lipinski definition) is 1. The van der Waals surface area contributed by atoms with Crippen molar-refractivity contribution < 1.29 is 4.79 Å². The highest BCUT2D eigenvalue weighted by molar-refractivity contribution is 7.17. The summed E-state index contributed by atoms with van der Waals surface area (Å²) in [6, 6.07) is 12.0. The smallest absolute Gasteiger partial charge is 0.263 e. The van der Waals surface area contributed by atoms with Crippen LogP contribution in [0.25, 0.3) is 21.3 Å². The molecule has 1 aliphatic carbocycles. The molecular weight excluding hydrogens is 440 g/mol. The second kappa shape index (κ2) is 8.69. The minimum atomic E-state index is -0.336. The second-order valence-corrected chi connectivity index (χ2v) is 9.77. The van der Waals surface area contributed by atoms with Gasteiger partial charge in [-0.25, -0.2) is 4.98 Å². The molecule has 32 heavy (non-hydrogen) atoms. The Labute approximate surface area is 192 Å². The lowest BCUT2D eigenvalue weighted by Gasteiger charge is -2.07. The van der Waals surface area contributed by atoms with Crippen molar-refractivity contribution in [3.05, 3.63) is 68.4 Å². The van der Waals surface area contributed by atoms with Crippen molar-refractivity contribution in [1.82, 2.24) is 9.55 Å². The summed E-state index contributed by atoms with van der Waals surface area (Å²) in [7, 11) is 0. The average molecular weight is 461 g/mol. The van der Waals surface area contributed by atoms with Gasteiger partial charge in [0, 0.05) is 15.8 Å². The van der Waals surface area contributed by atoms with E-state index in [2.05, 4.69) is 16.4 Å². The number of aryl methyl sites for hydroxylation is 1. The van der Waals surface area contributed by atoms with Crippen LogP contribution in [0.5, 0.6) is 0 Å². The quantitative estimate of drug-likeness (QED) is 0.436. The van der Waals surface area contributed by atoms with Crippen molar-refractivity contribution in [2.75, 3.05) is 5.32 Å². The number of nitrogens with one attached hydrogen (secondary N) is 1. The van der Waals surface area contributed by atoms with Gasteiger partial charge in [0.2, 0.25) is 5.91 Å². The van der Waals surface area contributed by atoms with Gasteiger partial charge in [-0.15, -0.1) is 22.7 Å². The summed E-state index contributed by atoms with van der Waals surface area (Å²) in [5.74, 6) is -0.336. The van der Waals surface area contributed by atoms with E-state index in [1.807, 2.05) is 35.7 Å². The maximum Gasteiger partial charge on any atom is 0.263 e. The van der Waals surface area contributed by atoms with E-state index >= 15 is 0 Å². The number of anilines is 1. The zero-order valence-corrected chi connectivity index (χ0v) is 18.9. The van der Waals surface area contributed by atoms with Crippen LogP contribution in [0.4, 0.5) is 5.00 Å². The molecule has 0 radical (unpaired) electrons. The summed E-state index contributed by atoms with van der Waals surface area (Å²) in [5.41, 5.74) is 3.18. The van der Waals surface area contributed by atoms with Crippen LogP contribution in [0, 0.1) is 11.3 Å². The molecule has 1 aliphatic rings. The molecule has 0 fully saturated rings. The van der Waals surface area contributed by atoms with Crippen molar-refractivity contribution >= 4 is 43.8 Å². The Bertz CT molecular complexity index is 1410. The van der Waals surface area contributed by atoms with Crippen LogP contribution >= 0.6 is 22.7 Å². The minimum absolute atomic E-state index is 0.153. The Morgan fingerprint density at radius 2 is 2.00 bits per heavy atom. The molecule has 8 heteroatoms. The van der Waals surface area contributed by atoms with Crippen LogP contribution in [-0.2, 0) is 24.2 Å². The summed E-state index contributed by atoms with van der Waals surface area (Å²) in [4.78, 5) is 32.2. The summed E-state index contributed by atoms with van der Waals surface area (Å²) in [6.07, 6.45) is 6.59. The van der Waals surface area contributed by atoms with E-state index in [9.17, 15) is 14.9 Å². The van der Waals surface area contributed by atoms with Crippen molar-refractivity contribution in [3.8, 4) is 17.2 Å². The Hall–Kier alpha value is -3.28. The minimum Gasteiger partial charge on any atom is -0.315 e. The normalized spacial score (nSPS) is 13.3. The Kier molecular flexibility index (Phi) is 5.60. The standard InChI is InChI=1S/C24H20N4O2S2/c25-11-17-16-9-5-2-6-10-19(16)32-22(17)27-20(29)12-28-14-26-23-21(24(28)30)18(13-31-23)15-7-3-1-4-8-15/h1,3-4,7-8,13-14H,2,5-6,9-10,12H2,(H,27,29). The third-order valence-electron chi connectivity index (χ3n) is 5.75. The van der Waals surface area contributed by atoms with Gasteiger partial charge < -0.3 is 5.32 Å². The molecule has 5 rings (SSSR count). The number of carbonyl (C=O) groups excluding carboxylic acids is 1. The van der Waals surface area contributed by atoms with Crippen LogP contribution in [0.1, 0.15) is 35.3 Å². The summed E-state index contributed by atoms with van der Waals surface area (Å²) < 4.78 is 1.33. The zero-order chi connectivity index (χ0) is 22.1. The molecule has 1 N–H and O–H groups in total. The highest BCUT2D eigenvalue weighted by Crippen LogP contribution is 2.37. The molecule has 1 aromatic carbocycles. The van der Waals surface area contributed by atoms with Gasteiger partial charge in [0.1, 0.15) is 22.4 Å². The number of aromatic nitrogens is 2. The maximum absolute atomic E-state index is 13.2. The van der Waals surface area contributed by atoms with Gasteiger partial charge in [0.25, 0.3) is 5.56 Å². The van der Waals surface area contributed by atoms with Crippen LogP contribution < -0.4 is 10.9 Å². The molecule has 0 atom stereocenters. The molecule has 0 saturated carbocycles. The van der Waals surface area contributed by atoms with Crippen molar-refractivity contribution in [2.24, 2.45) is 0 Å². The predicted molar refractivity (Wildman–Crippen MR) is 128 cm³/mol. The monoisotopic (exact) mass is 460 g/mol. The van der Waals surface area contributed by atoms with Gasteiger partial charge >= 0.3 is 0 Å². The third kappa shape index (κ3) is 3.74. The zero-order valence-electron chi connectivity index (χ0n) is 17.3. The number of nitrogens with zero attached hydrogens (tertiary/aromatic N) is 3. The number of thiophene rings is 2. The average Bonchev–Trinajstić information content (AvgIpc) is 3.30. The number of amides is 1. The summed E-state index contributed by atoms with van der Waals surface area (Å²) in [5, 5.41) is 15.6. The maximum atomic E-state index is 13.2. The van der Waals surface area contributed by atoms with E-state index in [1.54, 1.807) is 0 Å². The molecule has 1 amide bonds. The van der Waals surface area contributed by atoms with Gasteiger partial charge in [-0.1, -0.05) is 36.8 Å². The van der Waals surface area contributed by atoms with Crippen molar-refractivity contribution in [3.63, 3.8) is 0 Å². The largest absolute Gasteiger partial charge is 0.315 e. The fraction of sp³-hybridized carbons (Fsp3) is 0.250. The topological polar surface area (TPSA) is 87.8 Å². The fourth-order valence-corrected chi connectivity index (χ4v) is 6.34. The molecule has 0 spiro atoms. The first-order chi connectivity index (χ1) is 15.7. The molecule has 3 aromatic heterocycles. The predicted octanol–water partition coefficient (Wildman–Crippen LogP) is 4.97. The SMILES string of the molecule is N#Cc1c(NC(=O)Cn2cnc3scc(-c4ccccc4)c3c2=O)sc2c1CCCCC2. The van der Waals surface area contributed by atoms with Crippen molar-refractivity contribution in [2.45, 2.75) is 38.6 Å². The highest BCUT2D eigenvalue weighted by Gasteiger charge is 2.21. The van der Waals surface area contributed by atoms with Crippen LogP contribution in [-0.4, -0.2) is 15.5 Å². The molecule has 4 aromatic rings. The number of hydrogen-bond acceptors (Lipinski definition) is 6. The first-order valence-corrected chi connectivity index (χ1v) is 12.2. The number of carbonyl (C=O) groups is 1. The van der Waals surface area contributed by atoms with E-state index in [4.69, 9.17) is 0 Å². The lowest BCUT2D eigenvalue weighted by atomic mass is 10.1. The van der Waals surface area contributed by atoms with Crippen LogP contribution in [0.15, 0.2) is 46.8 Å². The number of nitriles is 1. The van der Waals surface area contributed by atoms with Gasteiger partial charge in [-0.3, -0.25) is 14.2 Å². The molecule has 0 unspecified atom stereocenters. The highest BCUT2D eigenvalue weighted by atomic mass is 32.1. The Morgan fingerprint density at radius 3 is 2.81 bits per heavy atom. The summed E-state index contributed by atoms with van der Waals surface area (Å²) >= 11 is 2.91. The lowest BCUT2D eigenvalue weighted by molar-refractivity contribution is -0.116.